The van der Waals surface area contributed by atoms with Crippen LogP contribution in [0.2, 0.25) is 5.02 Å². The average Bonchev–Trinajstić information content (AvgIpc) is 2.48. The maximum absolute atomic E-state index is 5.99. The predicted molar refractivity (Wildman–Crippen MR) is 53.3 cm³/mol. The lowest BCUT2D eigenvalue weighted by Crippen LogP contribution is -2.05. The Bertz CT molecular complexity index is 338. The molecule has 0 amide bonds. The summed E-state index contributed by atoms with van der Waals surface area (Å²) in [6.07, 6.45) is 1.96. The zero-order chi connectivity index (χ0) is 9.42. The Balaban J connectivity index is 2.57. The minimum Gasteiger partial charge on any atom is -0.495 e. The third-order valence-corrected chi connectivity index (χ3v) is 2.86. The van der Waals surface area contributed by atoms with Crippen molar-refractivity contribution in [2.45, 2.75) is 18.9 Å². The number of fused-ring (bicyclic) bond motifs is 1. The fourth-order valence-corrected chi connectivity index (χ4v) is 2.15. The summed E-state index contributed by atoms with van der Waals surface area (Å²) in [5, 5.41) is 0.676. The second-order valence-corrected chi connectivity index (χ2v) is 3.70. The van der Waals surface area contributed by atoms with Gasteiger partial charge in [-0.1, -0.05) is 17.7 Å². The smallest absolute Gasteiger partial charge is 0.140 e. The highest BCUT2D eigenvalue weighted by atomic mass is 35.5. The molecule has 2 N–H and O–H groups in total. The van der Waals surface area contributed by atoms with Crippen molar-refractivity contribution in [3.63, 3.8) is 0 Å². The summed E-state index contributed by atoms with van der Waals surface area (Å²) in [5.41, 5.74) is 8.29. The fraction of sp³-hybridized carbons (Fsp3) is 0.400. The third-order valence-electron chi connectivity index (χ3n) is 2.56. The van der Waals surface area contributed by atoms with Gasteiger partial charge in [-0.2, -0.15) is 0 Å². The molecular weight excluding hydrogens is 186 g/mol. The molecule has 0 saturated heterocycles. The van der Waals surface area contributed by atoms with Gasteiger partial charge >= 0.3 is 0 Å². The Labute approximate surface area is 82.6 Å². The molecular formula is C10H12ClNO. The number of hydrogen-bond donors (Lipinski definition) is 1. The largest absolute Gasteiger partial charge is 0.495 e. The lowest BCUT2D eigenvalue weighted by atomic mass is 10.1. The van der Waals surface area contributed by atoms with Crippen molar-refractivity contribution in [1.29, 1.82) is 0 Å². The summed E-state index contributed by atoms with van der Waals surface area (Å²) in [5.74, 6) is 0.798. The van der Waals surface area contributed by atoms with Crippen molar-refractivity contribution < 1.29 is 4.74 Å². The molecule has 0 aliphatic heterocycles. The standard InChI is InChI=1S/C10H12ClNO/c1-13-10-7-3-5-9(12)6(7)2-4-8(10)11/h2,4,9H,3,5,12H2,1H3. The molecule has 0 saturated carbocycles. The molecule has 70 valence electrons. The molecule has 0 fully saturated rings. The highest BCUT2D eigenvalue weighted by molar-refractivity contribution is 6.32. The number of hydrogen-bond acceptors (Lipinski definition) is 2. The molecule has 1 unspecified atom stereocenters. The molecule has 3 heteroatoms. The maximum Gasteiger partial charge on any atom is 0.140 e. The summed E-state index contributed by atoms with van der Waals surface area (Å²) in [7, 11) is 1.64. The van der Waals surface area contributed by atoms with Gasteiger partial charge < -0.3 is 10.5 Å². The Morgan fingerprint density at radius 3 is 3.00 bits per heavy atom. The van der Waals surface area contributed by atoms with E-state index in [0.717, 1.165) is 18.6 Å². The fourth-order valence-electron chi connectivity index (χ4n) is 1.90. The lowest BCUT2D eigenvalue weighted by molar-refractivity contribution is 0.410. The van der Waals surface area contributed by atoms with E-state index in [0.29, 0.717) is 5.02 Å². The van der Waals surface area contributed by atoms with Gasteiger partial charge in [-0.15, -0.1) is 0 Å². The summed E-state index contributed by atoms with van der Waals surface area (Å²) >= 11 is 5.99. The van der Waals surface area contributed by atoms with Gasteiger partial charge in [0.2, 0.25) is 0 Å². The molecule has 0 radical (unpaired) electrons. The highest BCUT2D eigenvalue weighted by Crippen LogP contribution is 2.39. The van der Waals surface area contributed by atoms with Crippen molar-refractivity contribution in [2.24, 2.45) is 5.73 Å². The number of methoxy groups -OCH3 is 1. The first-order chi connectivity index (χ1) is 6.24. The third kappa shape index (κ3) is 1.30. The van der Waals surface area contributed by atoms with Crippen LogP contribution in [0.5, 0.6) is 5.75 Å². The molecule has 0 aromatic heterocycles. The van der Waals surface area contributed by atoms with Crippen molar-refractivity contribution in [3.8, 4) is 5.75 Å². The number of ether oxygens (including phenoxy) is 1. The van der Waals surface area contributed by atoms with Gasteiger partial charge in [0, 0.05) is 11.6 Å². The van der Waals surface area contributed by atoms with E-state index in [2.05, 4.69) is 0 Å². The molecule has 1 aliphatic carbocycles. The van der Waals surface area contributed by atoms with Crippen LogP contribution in [0, 0.1) is 0 Å². The predicted octanol–water partition coefficient (Wildman–Crippen LogP) is 2.29. The van der Waals surface area contributed by atoms with E-state index in [-0.39, 0.29) is 6.04 Å². The number of nitrogens with two attached hydrogens (primary N) is 1. The summed E-state index contributed by atoms with van der Waals surface area (Å²) in [6.45, 7) is 0. The zero-order valence-electron chi connectivity index (χ0n) is 7.51. The van der Waals surface area contributed by atoms with Gasteiger partial charge in [0.05, 0.1) is 12.1 Å². The van der Waals surface area contributed by atoms with Crippen molar-refractivity contribution in [1.82, 2.24) is 0 Å². The van der Waals surface area contributed by atoms with Gasteiger partial charge in [-0.25, -0.2) is 0 Å². The van der Waals surface area contributed by atoms with Crippen LogP contribution in [0.4, 0.5) is 0 Å². The number of rotatable bonds is 1. The van der Waals surface area contributed by atoms with Gasteiger partial charge in [-0.05, 0) is 24.5 Å². The maximum atomic E-state index is 5.99. The van der Waals surface area contributed by atoms with E-state index < -0.39 is 0 Å². The molecule has 1 aliphatic rings. The molecule has 0 heterocycles. The zero-order valence-corrected chi connectivity index (χ0v) is 8.27. The van der Waals surface area contributed by atoms with E-state index in [4.69, 9.17) is 22.1 Å². The van der Waals surface area contributed by atoms with Crippen molar-refractivity contribution >= 4 is 11.6 Å². The van der Waals surface area contributed by atoms with Gasteiger partial charge in [-0.3, -0.25) is 0 Å². The van der Waals surface area contributed by atoms with E-state index >= 15 is 0 Å². The molecule has 1 aromatic rings. The second-order valence-electron chi connectivity index (χ2n) is 3.29. The highest BCUT2D eigenvalue weighted by Gasteiger charge is 2.23. The van der Waals surface area contributed by atoms with Crippen molar-refractivity contribution in [2.75, 3.05) is 7.11 Å². The monoisotopic (exact) mass is 197 g/mol. The van der Waals surface area contributed by atoms with Gasteiger partial charge in [0.15, 0.2) is 0 Å². The first-order valence-corrected chi connectivity index (χ1v) is 4.72. The number of halogens is 1. The minimum absolute atomic E-state index is 0.154. The van der Waals surface area contributed by atoms with Crippen LogP contribution in [0.15, 0.2) is 12.1 Å². The normalized spacial score (nSPS) is 20.1. The second kappa shape index (κ2) is 3.20. The van der Waals surface area contributed by atoms with Gasteiger partial charge in [0.25, 0.3) is 0 Å². The van der Waals surface area contributed by atoms with Crippen LogP contribution in [0.1, 0.15) is 23.6 Å². The topological polar surface area (TPSA) is 35.2 Å². The molecule has 2 nitrogen and oxygen atoms in total. The van der Waals surface area contributed by atoms with Crippen molar-refractivity contribution in [3.05, 3.63) is 28.3 Å². The van der Waals surface area contributed by atoms with E-state index in [1.807, 2.05) is 12.1 Å². The van der Waals surface area contributed by atoms with Crippen LogP contribution in [0.3, 0.4) is 0 Å². The Morgan fingerprint density at radius 2 is 2.31 bits per heavy atom. The minimum atomic E-state index is 0.154. The molecule has 13 heavy (non-hydrogen) atoms. The van der Waals surface area contributed by atoms with Crippen LogP contribution < -0.4 is 10.5 Å². The molecule has 2 rings (SSSR count). The first kappa shape index (κ1) is 8.85. The Kier molecular flexibility index (Phi) is 2.18. The Hall–Kier alpha value is -0.730. The van der Waals surface area contributed by atoms with Crippen LogP contribution >= 0.6 is 11.6 Å². The quantitative estimate of drug-likeness (QED) is 0.750. The van der Waals surface area contributed by atoms with E-state index in [9.17, 15) is 0 Å². The summed E-state index contributed by atoms with van der Waals surface area (Å²) in [4.78, 5) is 0. The SMILES string of the molecule is COc1c(Cl)ccc2c1CCC2N. The molecule has 1 atom stereocenters. The van der Waals surface area contributed by atoms with E-state index in [1.165, 1.54) is 11.1 Å². The Morgan fingerprint density at radius 1 is 1.54 bits per heavy atom. The molecule has 0 spiro atoms. The summed E-state index contributed by atoms with van der Waals surface area (Å²) in [6, 6.07) is 4.00. The van der Waals surface area contributed by atoms with Crippen LogP contribution in [-0.2, 0) is 6.42 Å². The number of benzene rings is 1. The van der Waals surface area contributed by atoms with E-state index in [1.54, 1.807) is 7.11 Å². The van der Waals surface area contributed by atoms with Crippen LogP contribution in [-0.4, -0.2) is 7.11 Å². The lowest BCUT2D eigenvalue weighted by Gasteiger charge is -2.10. The summed E-state index contributed by atoms with van der Waals surface area (Å²) < 4.78 is 5.25. The first-order valence-electron chi connectivity index (χ1n) is 4.35. The van der Waals surface area contributed by atoms with Crippen LogP contribution in [0.25, 0.3) is 0 Å². The van der Waals surface area contributed by atoms with Gasteiger partial charge in [0.1, 0.15) is 5.75 Å². The molecule has 1 aromatic carbocycles. The molecule has 0 bridgehead atoms. The average molecular weight is 198 g/mol.